The maximum Gasteiger partial charge on any atom is 0.242 e. The minimum absolute atomic E-state index is 0.0687. The van der Waals surface area contributed by atoms with Crippen molar-refractivity contribution in [3.63, 3.8) is 0 Å². The number of hydrogen-bond donors (Lipinski definition) is 1. The number of allylic oxidation sites excluding steroid dienone is 2. The van der Waals surface area contributed by atoms with Crippen LogP contribution in [0, 0.1) is 0 Å². The number of fused-ring (bicyclic) bond motifs is 1. The molecule has 0 bridgehead atoms. The van der Waals surface area contributed by atoms with Gasteiger partial charge in [0.1, 0.15) is 11.9 Å². The Bertz CT molecular complexity index is 1100. The lowest BCUT2D eigenvalue weighted by Crippen LogP contribution is -2.49. The van der Waals surface area contributed by atoms with Gasteiger partial charge in [0.15, 0.2) is 0 Å². The molecule has 2 aliphatic heterocycles. The van der Waals surface area contributed by atoms with Crippen molar-refractivity contribution in [2.24, 2.45) is 0 Å². The van der Waals surface area contributed by atoms with Crippen LogP contribution in [0.15, 0.2) is 61.6 Å². The van der Waals surface area contributed by atoms with Crippen LogP contribution in [-0.2, 0) is 4.79 Å². The minimum atomic E-state index is -0.202. The molecule has 2 atom stereocenters. The van der Waals surface area contributed by atoms with Crippen LogP contribution in [0.25, 0.3) is 17.0 Å². The van der Waals surface area contributed by atoms with Gasteiger partial charge in [-0.1, -0.05) is 70.0 Å². The third kappa shape index (κ3) is 6.67. The van der Waals surface area contributed by atoms with Gasteiger partial charge in [-0.05, 0) is 44.7 Å². The van der Waals surface area contributed by atoms with Crippen molar-refractivity contribution >= 4 is 29.2 Å². The van der Waals surface area contributed by atoms with Crippen LogP contribution in [0.4, 0.5) is 5.95 Å². The summed E-state index contributed by atoms with van der Waals surface area (Å²) in [5, 5.41) is 3.87. The van der Waals surface area contributed by atoms with E-state index < -0.39 is 0 Å². The topological polar surface area (TPSA) is 53.4 Å². The van der Waals surface area contributed by atoms with E-state index in [1.807, 2.05) is 57.3 Å². The van der Waals surface area contributed by atoms with Crippen LogP contribution < -0.4 is 10.2 Å². The van der Waals surface area contributed by atoms with Crippen LogP contribution in [0.1, 0.15) is 66.2 Å². The largest absolute Gasteiger partial charge is 0.352 e. The Labute approximate surface area is 227 Å². The molecule has 4 rings (SSSR count). The maximum atomic E-state index is 13.2. The molecular weight excluding hydrogens is 482 g/mol. The first kappa shape index (κ1) is 28.6. The second-order valence-electron chi connectivity index (χ2n) is 9.44. The van der Waals surface area contributed by atoms with Crippen molar-refractivity contribution in [3.8, 4) is 11.3 Å². The second-order valence-corrected chi connectivity index (χ2v) is 9.88. The second kappa shape index (κ2) is 13.5. The lowest BCUT2D eigenvalue weighted by Gasteiger charge is -2.39. The minimum Gasteiger partial charge on any atom is -0.352 e. The summed E-state index contributed by atoms with van der Waals surface area (Å²) < 4.78 is 2.05. The predicted octanol–water partition coefficient (Wildman–Crippen LogP) is 7.10. The first-order valence-electron chi connectivity index (χ1n) is 13.6. The van der Waals surface area contributed by atoms with E-state index in [1.54, 1.807) is 0 Å². The molecule has 6 nitrogen and oxygen atoms in total. The summed E-state index contributed by atoms with van der Waals surface area (Å²) >= 11 is 6.10. The van der Waals surface area contributed by atoms with E-state index >= 15 is 0 Å². The van der Waals surface area contributed by atoms with E-state index in [9.17, 15) is 4.79 Å². The first-order valence-corrected chi connectivity index (χ1v) is 14.0. The van der Waals surface area contributed by atoms with E-state index in [0.29, 0.717) is 5.02 Å². The van der Waals surface area contributed by atoms with Crippen LogP contribution in [-0.4, -0.2) is 45.5 Å². The molecular formula is C30H42ClN5O. The summed E-state index contributed by atoms with van der Waals surface area (Å²) in [5.74, 6) is 1.94. The van der Waals surface area contributed by atoms with Crippen molar-refractivity contribution in [1.82, 2.24) is 19.8 Å². The van der Waals surface area contributed by atoms with Gasteiger partial charge < -0.3 is 10.2 Å². The maximum absolute atomic E-state index is 13.2. The molecule has 1 aromatic carbocycles. The quantitative estimate of drug-likeness (QED) is 0.266. The fourth-order valence-electron chi connectivity index (χ4n) is 4.86. The lowest BCUT2D eigenvalue weighted by atomic mass is 10.1. The van der Waals surface area contributed by atoms with Gasteiger partial charge in [-0.15, -0.1) is 6.58 Å². The molecule has 0 spiro atoms. The zero-order chi connectivity index (χ0) is 26.9. The van der Waals surface area contributed by atoms with E-state index in [-0.39, 0.29) is 18.0 Å². The standard InChI is InChI=1S/C28H36ClN5O.C2H6/c1-5-7-8-16-33-26(32-17-9-11-25(32)27(35)30-20(3)10-6-2)18-21(4)34-19-24(31-28(33)34)22-12-14-23(29)15-13-22;1-2/h6,12-15,18-20,25H,2,4-5,7-11,16-17H2,1,3H3,(H,30,35);1-2H3. The van der Waals surface area contributed by atoms with Gasteiger partial charge in [-0.2, -0.15) is 0 Å². The lowest BCUT2D eigenvalue weighted by molar-refractivity contribution is -0.125. The number of nitrogens with zero attached hydrogens (tertiary/aromatic N) is 4. The smallest absolute Gasteiger partial charge is 0.242 e. The number of halogens is 1. The average Bonchev–Trinajstić information content (AvgIpc) is 3.55. The highest BCUT2D eigenvalue weighted by atomic mass is 35.5. The molecule has 1 saturated heterocycles. The number of anilines is 1. The van der Waals surface area contributed by atoms with Gasteiger partial charge in [0, 0.05) is 47.7 Å². The molecule has 0 radical (unpaired) electrons. The zero-order valence-corrected chi connectivity index (χ0v) is 23.6. The number of likely N-dealkylation sites (tertiary alicyclic amines) is 1. The van der Waals surface area contributed by atoms with E-state index in [0.717, 1.165) is 80.3 Å². The van der Waals surface area contributed by atoms with Gasteiger partial charge in [-0.3, -0.25) is 14.3 Å². The molecule has 37 heavy (non-hydrogen) atoms. The van der Waals surface area contributed by atoms with Crippen LogP contribution in [0.2, 0.25) is 5.02 Å². The van der Waals surface area contributed by atoms with Gasteiger partial charge in [0.25, 0.3) is 0 Å². The molecule has 7 heteroatoms. The number of amides is 1. The molecule has 2 aromatic rings. The summed E-state index contributed by atoms with van der Waals surface area (Å²) in [5.41, 5.74) is 2.73. The summed E-state index contributed by atoms with van der Waals surface area (Å²) in [4.78, 5) is 22.7. The Morgan fingerprint density at radius 1 is 1.27 bits per heavy atom. The third-order valence-corrected chi connectivity index (χ3v) is 6.95. The summed E-state index contributed by atoms with van der Waals surface area (Å²) in [6, 6.07) is 7.61. The number of hydrogen-bond acceptors (Lipinski definition) is 4. The van der Waals surface area contributed by atoms with E-state index in [1.165, 1.54) is 0 Å². The zero-order valence-electron chi connectivity index (χ0n) is 22.8. The Hall–Kier alpha value is -2.99. The molecule has 1 aromatic heterocycles. The molecule has 1 fully saturated rings. The highest BCUT2D eigenvalue weighted by molar-refractivity contribution is 6.30. The molecule has 200 valence electrons. The predicted molar refractivity (Wildman–Crippen MR) is 156 cm³/mol. The normalized spacial score (nSPS) is 17.5. The number of aromatic nitrogens is 2. The fraction of sp³-hybridized carbons (Fsp3) is 0.467. The molecule has 1 N–H and O–H groups in total. The number of carbonyl (C=O) groups is 1. The van der Waals surface area contributed by atoms with Crippen molar-refractivity contribution in [1.29, 1.82) is 0 Å². The van der Waals surface area contributed by atoms with Crippen LogP contribution in [0.3, 0.4) is 0 Å². The highest BCUT2D eigenvalue weighted by Crippen LogP contribution is 2.36. The molecule has 2 aliphatic rings. The molecule has 3 heterocycles. The van der Waals surface area contributed by atoms with Crippen molar-refractivity contribution < 1.29 is 4.79 Å². The Morgan fingerprint density at radius 3 is 2.68 bits per heavy atom. The number of benzene rings is 1. The molecule has 0 saturated carbocycles. The summed E-state index contributed by atoms with van der Waals surface area (Å²) in [7, 11) is 0. The molecule has 0 aliphatic carbocycles. The highest BCUT2D eigenvalue weighted by Gasteiger charge is 2.37. The summed E-state index contributed by atoms with van der Waals surface area (Å²) in [6.45, 7) is 18.0. The van der Waals surface area contributed by atoms with Crippen molar-refractivity contribution in [2.75, 3.05) is 18.0 Å². The van der Waals surface area contributed by atoms with Crippen molar-refractivity contribution in [3.05, 3.63) is 66.6 Å². The van der Waals surface area contributed by atoms with Crippen LogP contribution in [0.5, 0.6) is 0 Å². The Kier molecular flexibility index (Phi) is 10.4. The summed E-state index contributed by atoms with van der Waals surface area (Å²) in [6.07, 6.45) is 11.9. The first-order chi connectivity index (χ1) is 17.9. The number of unbranched alkanes of at least 4 members (excludes halogenated alkanes) is 2. The van der Waals surface area contributed by atoms with Crippen LogP contribution >= 0.6 is 11.6 Å². The number of nitrogens with one attached hydrogen (secondary N) is 1. The average molecular weight is 524 g/mol. The fourth-order valence-corrected chi connectivity index (χ4v) is 4.99. The van der Waals surface area contributed by atoms with E-state index in [4.69, 9.17) is 16.6 Å². The Morgan fingerprint density at radius 2 is 2.00 bits per heavy atom. The molecule has 2 unspecified atom stereocenters. The van der Waals surface area contributed by atoms with Gasteiger partial charge in [0.2, 0.25) is 11.9 Å². The van der Waals surface area contributed by atoms with Gasteiger partial charge in [0.05, 0.1) is 5.69 Å². The number of rotatable bonds is 10. The van der Waals surface area contributed by atoms with Crippen molar-refractivity contribution in [2.45, 2.75) is 78.3 Å². The monoisotopic (exact) mass is 523 g/mol. The van der Waals surface area contributed by atoms with Gasteiger partial charge >= 0.3 is 0 Å². The van der Waals surface area contributed by atoms with Gasteiger partial charge in [-0.25, -0.2) is 4.98 Å². The molecule has 1 amide bonds. The van der Waals surface area contributed by atoms with E-state index in [2.05, 4.69) is 45.8 Å². The number of carbonyl (C=O) groups excluding carboxylic acids is 1. The Balaban J connectivity index is 0.00000186. The number of imidazole rings is 1. The SMILES string of the molecule is C=CCC(C)NC(=O)C1CCCN1C1=CC(=C)n2cc(-c3ccc(Cl)cc3)nc2N1CCCCC.CC. The third-order valence-electron chi connectivity index (χ3n) is 6.69.